The van der Waals surface area contributed by atoms with Gasteiger partial charge in [0.1, 0.15) is 0 Å². The first-order chi connectivity index (χ1) is 11.2. The molecule has 2 aromatic rings. The lowest BCUT2D eigenvalue weighted by Crippen LogP contribution is -2.49. The molecule has 0 spiro atoms. The molecular formula is C19H24N4. The van der Waals surface area contributed by atoms with Crippen LogP contribution >= 0.6 is 0 Å². The van der Waals surface area contributed by atoms with Gasteiger partial charge in [0.25, 0.3) is 0 Å². The summed E-state index contributed by atoms with van der Waals surface area (Å²) in [4.78, 5) is 7.37. The Kier molecular flexibility index (Phi) is 3.69. The Bertz CT molecular complexity index is 784. The minimum absolute atomic E-state index is 0.531. The molecule has 4 rings (SSSR count). The van der Waals surface area contributed by atoms with Crippen LogP contribution in [0.1, 0.15) is 18.9 Å². The first-order valence-corrected chi connectivity index (χ1v) is 8.51. The molecule has 120 valence electrons. The molecule has 1 saturated heterocycles. The molecule has 1 unspecified atom stereocenters. The Hall–Kier alpha value is -2.07. The third kappa shape index (κ3) is 2.68. The number of dihydropyridines is 1. The van der Waals surface area contributed by atoms with E-state index in [1.165, 1.54) is 22.2 Å². The number of nitrogens with zero attached hydrogens (tertiary/aromatic N) is 3. The number of aliphatic imine (C=N–C) groups is 1. The van der Waals surface area contributed by atoms with Crippen molar-refractivity contribution in [3.63, 3.8) is 0 Å². The number of hydrogen-bond donors (Lipinski definition) is 1. The van der Waals surface area contributed by atoms with Gasteiger partial charge in [-0.15, -0.1) is 0 Å². The summed E-state index contributed by atoms with van der Waals surface area (Å²) < 4.78 is 2.18. The number of rotatable bonds is 2. The summed E-state index contributed by atoms with van der Waals surface area (Å²) in [6, 6.07) is 9.39. The largest absolute Gasteiger partial charge is 0.367 e. The van der Waals surface area contributed by atoms with Crippen molar-refractivity contribution in [3.8, 4) is 0 Å². The molecule has 1 fully saturated rings. The van der Waals surface area contributed by atoms with Gasteiger partial charge in [-0.3, -0.25) is 4.99 Å². The third-order valence-corrected chi connectivity index (χ3v) is 4.85. The van der Waals surface area contributed by atoms with Crippen LogP contribution in [0.4, 0.5) is 0 Å². The lowest BCUT2D eigenvalue weighted by atomic mass is 10.0. The van der Waals surface area contributed by atoms with Gasteiger partial charge in [0.05, 0.1) is 11.4 Å². The molecule has 1 aromatic carbocycles. The van der Waals surface area contributed by atoms with Crippen molar-refractivity contribution in [1.82, 2.24) is 14.8 Å². The number of allylic oxidation sites excluding steroid dienone is 1. The molecule has 0 bridgehead atoms. The molecule has 0 saturated carbocycles. The minimum atomic E-state index is 0.531. The van der Waals surface area contributed by atoms with Crippen molar-refractivity contribution in [2.45, 2.75) is 19.4 Å². The summed E-state index contributed by atoms with van der Waals surface area (Å²) in [5.41, 5.74) is 4.98. The number of aryl methyl sites for hydroxylation is 1. The van der Waals surface area contributed by atoms with Gasteiger partial charge in [-0.1, -0.05) is 18.2 Å². The van der Waals surface area contributed by atoms with Gasteiger partial charge in [-0.25, -0.2) is 0 Å². The molecule has 1 N–H and O–H groups in total. The number of aromatic nitrogens is 1. The van der Waals surface area contributed by atoms with Gasteiger partial charge in [0.2, 0.25) is 0 Å². The SMILES string of the molecule is CC1CN(C2=CCCN=C2c2ccc3ccn(C)c3c2)CCN1. The molecule has 2 aliphatic heterocycles. The zero-order chi connectivity index (χ0) is 15.8. The highest BCUT2D eigenvalue weighted by Crippen LogP contribution is 2.23. The van der Waals surface area contributed by atoms with Crippen LogP contribution < -0.4 is 5.32 Å². The molecule has 0 radical (unpaired) electrons. The quantitative estimate of drug-likeness (QED) is 0.925. The molecule has 4 nitrogen and oxygen atoms in total. The number of hydrogen-bond acceptors (Lipinski definition) is 3. The standard InChI is InChI=1S/C19H24N4/c1-14-13-23(11-9-20-14)17-4-3-8-21-19(17)16-6-5-15-7-10-22(2)18(15)12-16/h4-7,10,12,14,20H,3,8-9,11,13H2,1-2H3. The summed E-state index contributed by atoms with van der Waals surface area (Å²) in [6.07, 6.45) is 5.53. The van der Waals surface area contributed by atoms with Crippen molar-refractivity contribution in [2.24, 2.45) is 12.0 Å². The maximum Gasteiger partial charge on any atom is 0.0877 e. The zero-order valence-corrected chi connectivity index (χ0v) is 13.9. The fraction of sp³-hybridized carbons (Fsp3) is 0.421. The second-order valence-corrected chi connectivity index (χ2v) is 6.61. The van der Waals surface area contributed by atoms with Crippen LogP contribution in [0.2, 0.25) is 0 Å². The predicted octanol–water partition coefficient (Wildman–Crippen LogP) is 2.55. The predicted molar refractivity (Wildman–Crippen MR) is 96.1 cm³/mol. The summed E-state index contributed by atoms with van der Waals surface area (Å²) in [5.74, 6) is 0. The van der Waals surface area contributed by atoms with Gasteiger partial charge in [-0.05, 0) is 30.9 Å². The zero-order valence-electron chi connectivity index (χ0n) is 13.9. The van der Waals surface area contributed by atoms with Gasteiger partial charge in [0.15, 0.2) is 0 Å². The van der Waals surface area contributed by atoms with Crippen LogP contribution in [-0.2, 0) is 7.05 Å². The van der Waals surface area contributed by atoms with E-state index in [2.05, 4.69) is 65.3 Å². The lowest BCUT2D eigenvalue weighted by molar-refractivity contribution is 0.265. The summed E-state index contributed by atoms with van der Waals surface area (Å²) in [7, 11) is 2.10. The average molecular weight is 308 g/mol. The first-order valence-electron chi connectivity index (χ1n) is 8.51. The van der Waals surface area contributed by atoms with Crippen molar-refractivity contribution in [1.29, 1.82) is 0 Å². The fourth-order valence-corrected chi connectivity index (χ4v) is 3.63. The van der Waals surface area contributed by atoms with Crippen molar-refractivity contribution in [3.05, 3.63) is 47.8 Å². The van der Waals surface area contributed by atoms with Crippen LogP contribution in [-0.4, -0.2) is 47.4 Å². The summed E-state index contributed by atoms with van der Waals surface area (Å²) in [6.45, 7) is 6.30. The molecule has 4 heteroatoms. The number of benzene rings is 1. The van der Waals surface area contributed by atoms with E-state index in [1.54, 1.807) is 0 Å². The highest BCUT2D eigenvalue weighted by Gasteiger charge is 2.23. The molecule has 3 heterocycles. The van der Waals surface area contributed by atoms with E-state index in [9.17, 15) is 0 Å². The molecule has 2 aliphatic rings. The van der Waals surface area contributed by atoms with Crippen LogP contribution in [0.5, 0.6) is 0 Å². The van der Waals surface area contributed by atoms with E-state index >= 15 is 0 Å². The number of nitrogens with one attached hydrogen (secondary N) is 1. The monoisotopic (exact) mass is 308 g/mol. The van der Waals surface area contributed by atoms with Gasteiger partial charge in [-0.2, -0.15) is 0 Å². The highest BCUT2D eigenvalue weighted by atomic mass is 15.2. The van der Waals surface area contributed by atoms with E-state index in [4.69, 9.17) is 4.99 Å². The van der Waals surface area contributed by atoms with Crippen molar-refractivity contribution >= 4 is 16.6 Å². The summed E-state index contributed by atoms with van der Waals surface area (Å²) >= 11 is 0. The van der Waals surface area contributed by atoms with E-state index < -0.39 is 0 Å². The number of fused-ring (bicyclic) bond motifs is 1. The van der Waals surface area contributed by atoms with Gasteiger partial charge in [0, 0.05) is 56.5 Å². The second-order valence-electron chi connectivity index (χ2n) is 6.61. The molecular weight excluding hydrogens is 284 g/mol. The third-order valence-electron chi connectivity index (χ3n) is 4.85. The number of piperazine rings is 1. The summed E-state index contributed by atoms with van der Waals surface area (Å²) in [5, 5.41) is 4.81. The molecule has 1 atom stereocenters. The van der Waals surface area contributed by atoms with Gasteiger partial charge < -0.3 is 14.8 Å². The lowest BCUT2D eigenvalue weighted by Gasteiger charge is -2.36. The Morgan fingerprint density at radius 3 is 3.04 bits per heavy atom. The van der Waals surface area contributed by atoms with Crippen molar-refractivity contribution < 1.29 is 0 Å². The van der Waals surface area contributed by atoms with Gasteiger partial charge >= 0.3 is 0 Å². The molecule has 0 amide bonds. The average Bonchev–Trinajstić information content (AvgIpc) is 2.95. The van der Waals surface area contributed by atoms with E-state index in [1.807, 2.05) is 0 Å². The van der Waals surface area contributed by atoms with E-state index in [0.717, 1.165) is 38.3 Å². The van der Waals surface area contributed by atoms with Crippen LogP contribution in [0.3, 0.4) is 0 Å². The second kappa shape index (κ2) is 5.85. The maximum absolute atomic E-state index is 4.88. The smallest absolute Gasteiger partial charge is 0.0877 e. The van der Waals surface area contributed by atoms with Crippen LogP contribution in [0, 0.1) is 0 Å². The minimum Gasteiger partial charge on any atom is -0.367 e. The topological polar surface area (TPSA) is 32.6 Å². The highest BCUT2D eigenvalue weighted by molar-refractivity contribution is 6.13. The Morgan fingerprint density at radius 1 is 1.26 bits per heavy atom. The maximum atomic E-state index is 4.88. The van der Waals surface area contributed by atoms with Crippen LogP contribution in [0.25, 0.3) is 10.9 Å². The first kappa shape index (κ1) is 14.5. The Labute approximate surface area is 137 Å². The molecule has 0 aliphatic carbocycles. The Balaban J connectivity index is 1.71. The van der Waals surface area contributed by atoms with E-state index in [-0.39, 0.29) is 0 Å². The fourth-order valence-electron chi connectivity index (χ4n) is 3.63. The molecule has 1 aromatic heterocycles. The van der Waals surface area contributed by atoms with E-state index in [0.29, 0.717) is 6.04 Å². The van der Waals surface area contributed by atoms with Crippen LogP contribution in [0.15, 0.2) is 47.2 Å². The normalized spacial score (nSPS) is 22.2. The Morgan fingerprint density at radius 2 is 2.17 bits per heavy atom. The van der Waals surface area contributed by atoms with Crippen molar-refractivity contribution in [2.75, 3.05) is 26.2 Å². The molecule has 23 heavy (non-hydrogen) atoms.